The molecule has 0 fully saturated rings. The second kappa shape index (κ2) is 5.46. The molecule has 0 saturated carbocycles. The highest BCUT2D eigenvalue weighted by Crippen LogP contribution is 2.14. The number of hydrogen-bond donors (Lipinski definition) is 0. The molecule has 0 bridgehead atoms. The summed E-state index contributed by atoms with van der Waals surface area (Å²) in [4.78, 5) is 23.5. The zero-order chi connectivity index (χ0) is 11.3. The third kappa shape index (κ3) is 3.32. The highest BCUT2D eigenvalue weighted by molar-refractivity contribution is 7.10. The minimum Gasteiger partial charge on any atom is -0.462 e. The molecule has 0 radical (unpaired) electrons. The standard InChI is InChI=1S/C11H12O3S/c1-3-14-11(13)10(8(2)12)7-9-5-4-6-15-9/h4-7H,3H2,1-2H3/b10-7-. The molecular weight excluding hydrogens is 212 g/mol. The fraction of sp³-hybridized carbons (Fsp3) is 0.273. The number of carbonyl (C=O) groups is 2. The molecule has 1 aromatic heterocycles. The first-order valence-electron chi connectivity index (χ1n) is 4.58. The zero-order valence-corrected chi connectivity index (χ0v) is 9.47. The first-order valence-corrected chi connectivity index (χ1v) is 5.46. The Balaban J connectivity index is 2.92. The minimum atomic E-state index is -0.557. The van der Waals surface area contributed by atoms with Gasteiger partial charge in [0.15, 0.2) is 5.78 Å². The number of hydrogen-bond acceptors (Lipinski definition) is 4. The van der Waals surface area contributed by atoms with Crippen LogP contribution in [-0.4, -0.2) is 18.4 Å². The summed E-state index contributed by atoms with van der Waals surface area (Å²) in [7, 11) is 0. The number of carbonyl (C=O) groups excluding carboxylic acids is 2. The van der Waals surface area contributed by atoms with Gasteiger partial charge < -0.3 is 4.74 Å². The molecule has 3 nitrogen and oxygen atoms in total. The van der Waals surface area contributed by atoms with Gasteiger partial charge in [0.05, 0.1) is 6.61 Å². The van der Waals surface area contributed by atoms with E-state index in [0.29, 0.717) is 0 Å². The van der Waals surface area contributed by atoms with E-state index in [1.165, 1.54) is 18.3 Å². The lowest BCUT2D eigenvalue weighted by Gasteiger charge is -2.02. The Kier molecular flexibility index (Phi) is 4.24. The lowest BCUT2D eigenvalue weighted by molar-refractivity contribution is -0.139. The second-order valence-electron chi connectivity index (χ2n) is 2.85. The summed E-state index contributed by atoms with van der Waals surface area (Å²) in [6.07, 6.45) is 1.56. The van der Waals surface area contributed by atoms with Crippen LogP contribution in [0.25, 0.3) is 6.08 Å². The number of Topliss-reactive ketones (excluding diaryl/α,β-unsaturated/α-hetero) is 1. The van der Waals surface area contributed by atoms with Crippen molar-refractivity contribution in [2.45, 2.75) is 13.8 Å². The van der Waals surface area contributed by atoms with E-state index in [2.05, 4.69) is 0 Å². The smallest absolute Gasteiger partial charge is 0.341 e. The van der Waals surface area contributed by atoms with Crippen LogP contribution in [0.2, 0.25) is 0 Å². The van der Waals surface area contributed by atoms with Crippen molar-refractivity contribution in [2.24, 2.45) is 0 Å². The van der Waals surface area contributed by atoms with E-state index in [0.717, 1.165) is 4.88 Å². The van der Waals surface area contributed by atoms with Gasteiger partial charge in [0.2, 0.25) is 0 Å². The molecule has 0 unspecified atom stereocenters. The van der Waals surface area contributed by atoms with Gasteiger partial charge >= 0.3 is 5.97 Å². The average Bonchev–Trinajstić information content (AvgIpc) is 2.66. The van der Waals surface area contributed by atoms with E-state index in [4.69, 9.17) is 4.74 Å². The molecule has 0 spiro atoms. The van der Waals surface area contributed by atoms with Gasteiger partial charge in [-0.3, -0.25) is 4.79 Å². The summed E-state index contributed by atoms with van der Waals surface area (Å²) in [6.45, 7) is 3.34. The highest BCUT2D eigenvalue weighted by atomic mass is 32.1. The molecular formula is C11H12O3S. The normalized spacial score (nSPS) is 11.2. The third-order valence-electron chi connectivity index (χ3n) is 1.70. The van der Waals surface area contributed by atoms with E-state index in [9.17, 15) is 9.59 Å². The van der Waals surface area contributed by atoms with Crippen LogP contribution in [0.4, 0.5) is 0 Å². The van der Waals surface area contributed by atoms with Crippen molar-refractivity contribution >= 4 is 29.2 Å². The largest absolute Gasteiger partial charge is 0.462 e. The van der Waals surface area contributed by atoms with Crippen LogP contribution in [0, 0.1) is 0 Å². The van der Waals surface area contributed by atoms with Gasteiger partial charge in [0.1, 0.15) is 5.57 Å². The van der Waals surface area contributed by atoms with Gasteiger partial charge in [-0.2, -0.15) is 0 Å². The molecule has 0 saturated heterocycles. The predicted molar refractivity (Wildman–Crippen MR) is 59.6 cm³/mol. The topological polar surface area (TPSA) is 43.4 Å². The SMILES string of the molecule is CCOC(=O)/C(=C\c1cccs1)C(C)=O. The monoisotopic (exact) mass is 224 g/mol. The fourth-order valence-electron chi connectivity index (χ4n) is 1.03. The molecule has 1 rings (SSSR count). The third-order valence-corrected chi connectivity index (χ3v) is 2.52. The van der Waals surface area contributed by atoms with Gasteiger partial charge in [-0.15, -0.1) is 11.3 Å². The first kappa shape index (κ1) is 11.7. The molecule has 1 heterocycles. The van der Waals surface area contributed by atoms with Crippen molar-refractivity contribution in [3.05, 3.63) is 28.0 Å². The van der Waals surface area contributed by atoms with E-state index in [1.807, 2.05) is 17.5 Å². The maximum absolute atomic E-state index is 11.4. The molecule has 15 heavy (non-hydrogen) atoms. The molecule has 80 valence electrons. The average molecular weight is 224 g/mol. The first-order chi connectivity index (χ1) is 7.15. The van der Waals surface area contributed by atoms with E-state index >= 15 is 0 Å². The van der Waals surface area contributed by atoms with Crippen molar-refractivity contribution in [1.29, 1.82) is 0 Å². The Bertz CT molecular complexity index is 377. The Morgan fingerprint density at radius 3 is 2.73 bits per heavy atom. The van der Waals surface area contributed by atoms with Crippen molar-refractivity contribution in [2.75, 3.05) is 6.61 Å². The Labute approximate surface area is 92.4 Å². The lowest BCUT2D eigenvalue weighted by Crippen LogP contribution is -2.13. The van der Waals surface area contributed by atoms with Crippen LogP contribution < -0.4 is 0 Å². The Hall–Kier alpha value is -1.42. The van der Waals surface area contributed by atoms with Gasteiger partial charge in [-0.25, -0.2) is 4.79 Å². The summed E-state index contributed by atoms with van der Waals surface area (Å²) in [5.41, 5.74) is 0.0966. The number of ether oxygens (including phenoxy) is 1. The summed E-state index contributed by atoms with van der Waals surface area (Å²) >= 11 is 1.47. The highest BCUT2D eigenvalue weighted by Gasteiger charge is 2.15. The van der Waals surface area contributed by atoms with Crippen molar-refractivity contribution in [3.8, 4) is 0 Å². The molecule has 0 aliphatic carbocycles. The Morgan fingerprint density at radius 2 is 2.27 bits per heavy atom. The van der Waals surface area contributed by atoms with Crippen LogP contribution in [0.15, 0.2) is 23.1 Å². The molecule has 0 amide bonds. The van der Waals surface area contributed by atoms with E-state index < -0.39 is 5.97 Å². The molecule has 0 aromatic carbocycles. The summed E-state index contributed by atoms with van der Waals surface area (Å²) in [5.74, 6) is -0.833. The number of esters is 1. The molecule has 0 aliphatic heterocycles. The maximum atomic E-state index is 11.4. The van der Waals surface area contributed by atoms with Crippen LogP contribution >= 0.6 is 11.3 Å². The van der Waals surface area contributed by atoms with Gasteiger partial charge in [-0.1, -0.05) is 6.07 Å². The van der Waals surface area contributed by atoms with Crippen LogP contribution in [0.5, 0.6) is 0 Å². The number of rotatable bonds is 4. The van der Waals surface area contributed by atoms with Crippen LogP contribution in [-0.2, 0) is 14.3 Å². The Morgan fingerprint density at radius 1 is 1.53 bits per heavy atom. The minimum absolute atomic E-state index is 0.0966. The summed E-state index contributed by atoms with van der Waals surface area (Å²) in [6, 6.07) is 3.70. The summed E-state index contributed by atoms with van der Waals surface area (Å²) < 4.78 is 4.79. The molecule has 0 aliphatic rings. The number of ketones is 1. The maximum Gasteiger partial charge on any atom is 0.341 e. The van der Waals surface area contributed by atoms with Crippen LogP contribution in [0.1, 0.15) is 18.7 Å². The molecule has 4 heteroatoms. The predicted octanol–water partition coefficient (Wildman–Crippen LogP) is 2.28. The van der Waals surface area contributed by atoms with Crippen molar-refractivity contribution in [3.63, 3.8) is 0 Å². The van der Waals surface area contributed by atoms with Gasteiger partial charge in [0.25, 0.3) is 0 Å². The summed E-state index contributed by atoms with van der Waals surface area (Å²) in [5, 5.41) is 1.88. The van der Waals surface area contributed by atoms with Crippen molar-refractivity contribution < 1.29 is 14.3 Å². The quantitative estimate of drug-likeness (QED) is 0.341. The molecule has 0 atom stereocenters. The van der Waals surface area contributed by atoms with E-state index in [1.54, 1.807) is 13.0 Å². The second-order valence-corrected chi connectivity index (χ2v) is 3.83. The van der Waals surface area contributed by atoms with Crippen molar-refractivity contribution in [1.82, 2.24) is 0 Å². The molecule has 0 N–H and O–H groups in total. The van der Waals surface area contributed by atoms with E-state index in [-0.39, 0.29) is 18.0 Å². The zero-order valence-electron chi connectivity index (χ0n) is 8.65. The number of thiophene rings is 1. The fourth-order valence-corrected chi connectivity index (χ4v) is 1.69. The van der Waals surface area contributed by atoms with Gasteiger partial charge in [0, 0.05) is 4.88 Å². The molecule has 1 aromatic rings. The van der Waals surface area contributed by atoms with Crippen LogP contribution in [0.3, 0.4) is 0 Å². The lowest BCUT2D eigenvalue weighted by atomic mass is 10.1. The van der Waals surface area contributed by atoms with Gasteiger partial charge in [-0.05, 0) is 31.4 Å².